The van der Waals surface area contributed by atoms with Crippen LogP contribution < -0.4 is 4.73 Å². The van der Waals surface area contributed by atoms with Crippen LogP contribution in [0.4, 0.5) is 0 Å². The second-order valence-corrected chi connectivity index (χ2v) is 6.99. The number of likely N-dealkylation sites (tertiary alicyclic amines) is 1. The Hall–Kier alpha value is -1.23. The average molecular weight is 306 g/mol. The molecule has 1 saturated carbocycles. The van der Waals surface area contributed by atoms with Crippen molar-refractivity contribution in [1.82, 2.24) is 4.90 Å². The van der Waals surface area contributed by atoms with E-state index in [-0.39, 0.29) is 5.91 Å². The van der Waals surface area contributed by atoms with Crippen molar-refractivity contribution in [3.8, 4) is 0 Å². The van der Waals surface area contributed by atoms with Crippen LogP contribution in [0.5, 0.6) is 0 Å². The molecule has 0 N–H and O–H groups in total. The highest BCUT2D eigenvalue weighted by molar-refractivity contribution is 7.99. The standard InChI is InChI=1S/C16H22N2O2S/c19-15(12-21-16-9-3-4-11-18(16)20)17-10-5-7-13-6-1-2-8-14(13)17/h3-4,9,11,13-14H,1-2,5-8,10,12H2/t13-,14-/m0/s1. The van der Waals surface area contributed by atoms with Gasteiger partial charge in [-0.2, -0.15) is 4.73 Å². The molecule has 1 aromatic rings. The third kappa shape index (κ3) is 3.34. The van der Waals surface area contributed by atoms with Gasteiger partial charge in [0.25, 0.3) is 5.03 Å². The van der Waals surface area contributed by atoms with Crippen LogP contribution in [0.1, 0.15) is 38.5 Å². The van der Waals surface area contributed by atoms with Crippen LogP contribution in [-0.4, -0.2) is 29.1 Å². The summed E-state index contributed by atoms with van der Waals surface area (Å²) in [6.45, 7) is 0.896. The molecule has 3 rings (SSSR count). The molecule has 2 heterocycles. The van der Waals surface area contributed by atoms with Gasteiger partial charge in [0.15, 0.2) is 6.20 Å². The summed E-state index contributed by atoms with van der Waals surface area (Å²) in [6, 6.07) is 5.76. The van der Waals surface area contributed by atoms with Gasteiger partial charge in [0, 0.05) is 24.7 Å². The van der Waals surface area contributed by atoms with Crippen molar-refractivity contribution in [3.63, 3.8) is 0 Å². The molecule has 1 aromatic heterocycles. The summed E-state index contributed by atoms with van der Waals surface area (Å²) >= 11 is 1.35. The van der Waals surface area contributed by atoms with E-state index in [2.05, 4.69) is 4.90 Å². The first-order valence-corrected chi connectivity index (χ1v) is 8.85. The maximum Gasteiger partial charge on any atom is 0.251 e. The highest BCUT2D eigenvalue weighted by Crippen LogP contribution is 2.35. The number of carbonyl (C=O) groups is 1. The number of carbonyl (C=O) groups excluding carboxylic acids is 1. The van der Waals surface area contributed by atoms with Gasteiger partial charge >= 0.3 is 0 Å². The first-order chi connectivity index (χ1) is 10.3. The SMILES string of the molecule is O=C(CSc1cccc[n+]1[O-])N1CCC[C@@H]2CCCC[C@@H]21. The predicted octanol–water partition coefficient (Wildman–Crippen LogP) is 2.59. The zero-order valence-corrected chi connectivity index (χ0v) is 13.1. The summed E-state index contributed by atoms with van der Waals surface area (Å²) in [5.74, 6) is 1.28. The molecule has 0 spiro atoms. The number of nitrogens with zero attached hydrogens (tertiary/aromatic N) is 2. The number of hydrogen-bond acceptors (Lipinski definition) is 3. The van der Waals surface area contributed by atoms with Gasteiger partial charge in [-0.15, -0.1) is 0 Å². The molecule has 2 aliphatic rings. The molecule has 1 amide bonds. The largest absolute Gasteiger partial charge is 0.618 e. The molecule has 114 valence electrons. The summed E-state index contributed by atoms with van der Waals surface area (Å²) in [7, 11) is 0. The van der Waals surface area contributed by atoms with Crippen LogP contribution in [0.3, 0.4) is 0 Å². The third-order valence-corrected chi connectivity index (χ3v) is 5.70. The second kappa shape index (κ2) is 6.69. The van der Waals surface area contributed by atoms with Crippen molar-refractivity contribution >= 4 is 17.7 Å². The van der Waals surface area contributed by atoms with Crippen LogP contribution in [0, 0.1) is 11.1 Å². The van der Waals surface area contributed by atoms with E-state index in [4.69, 9.17) is 0 Å². The van der Waals surface area contributed by atoms with Gasteiger partial charge in [0.05, 0.1) is 5.75 Å². The summed E-state index contributed by atoms with van der Waals surface area (Å²) in [6.07, 6.45) is 8.89. The Labute approximate surface area is 130 Å². The highest BCUT2D eigenvalue weighted by Gasteiger charge is 2.35. The molecule has 0 aromatic carbocycles. The third-order valence-electron chi connectivity index (χ3n) is 4.70. The Balaban J connectivity index is 1.60. The lowest BCUT2D eigenvalue weighted by Gasteiger charge is -2.44. The lowest BCUT2D eigenvalue weighted by atomic mass is 9.78. The fourth-order valence-corrected chi connectivity index (χ4v) is 4.48. The molecule has 4 nitrogen and oxygen atoms in total. The van der Waals surface area contributed by atoms with E-state index in [1.807, 2.05) is 6.07 Å². The number of aromatic nitrogens is 1. The Kier molecular flexibility index (Phi) is 4.68. The molecule has 1 aliphatic heterocycles. The Morgan fingerprint density at radius 3 is 2.95 bits per heavy atom. The van der Waals surface area contributed by atoms with E-state index in [0.717, 1.165) is 24.1 Å². The molecule has 1 saturated heterocycles. The van der Waals surface area contributed by atoms with Crippen LogP contribution in [0.25, 0.3) is 0 Å². The zero-order chi connectivity index (χ0) is 14.7. The lowest BCUT2D eigenvalue weighted by Crippen LogP contribution is -2.50. The quantitative estimate of drug-likeness (QED) is 0.490. The van der Waals surface area contributed by atoms with Crippen molar-refractivity contribution in [3.05, 3.63) is 29.6 Å². The number of amides is 1. The minimum Gasteiger partial charge on any atom is -0.618 e. The molecule has 2 atom stereocenters. The maximum absolute atomic E-state index is 12.5. The summed E-state index contributed by atoms with van der Waals surface area (Å²) < 4.78 is 0.831. The van der Waals surface area contributed by atoms with Gasteiger partial charge in [-0.25, -0.2) is 0 Å². The molecule has 1 aliphatic carbocycles. The summed E-state index contributed by atoms with van der Waals surface area (Å²) in [5, 5.41) is 12.2. The minimum atomic E-state index is 0.195. The monoisotopic (exact) mass is 306 g/mol. The summed E-state index contributed by atoms with van der Waals surface area (Å²) in [4.78, 5) is 14.6. The number of fused-ring (bicyclic) bond motifs is 1. The number of piperidine rings is 1. The van der Waals surface area contributed by atoms with Gasteiger partial charge in [0.1, 0.15) is 0 Å². The second-order valence-electron chi connectivity index (χ2n) is 5.99. The molecule has 2 fully saturated rings. The first kappa shape index (κ1) is 14.7. The van der Waals surface area contributed by atoms with Crippen molar-refractivity contribution < 1.29 is 9.52 Å². The van der Waals surface area contributed by atoms with Gasteiger partial charge in [-0.1, -0.05) is 12.8 Å². The molecule has 5 heteroatoms. The fourth-order valence-electron chi connectivity index (χ4n) is 3.68. The van der Waals surface area contributed by atoms with Crippen LogP contribution >= 0.6 is 11.8 Å². The van der Waals surface area contributed by atoms with Crippen LogP contribution in [-0.2, 0) is 4.79 Å². The fraction of sp³-hybridized carbons (Fsp3) is 0.625. The number of rotatable bonds is 3. The number of hydrogen-bond donors (Lipinski definition) is 0. The summed E-state index contributed by atoms with van der Waals surface area (Å²) in [5.41, 5.74) is 0. The van der Waals surface area contributed by atoms with Crippen LogP contribution in [0.15, 0.2) is 29.4 Å². The van der Waals surface area contributed by atoms with Gasteiger partial charge in [-0.05, 0) is 49.4 Å². The van der Waals surface area contributed by atoms with E-state index in [1.54, 1.807) is 12.1 Å². The zero-order valence-electron chi connectivity index (χ0n) is 12.2. The Morgan fingerprint density at radius 1 is 1.29 bits per heavy atom. The minimum absolute atomic E-state index is 0.195. The highest BCUT2D eigenvalue weighted by atomic mass is 32.2. The van der Waals surface area contributed by atoms with E-state index in [0.29, 0.717) is 22.7 Å². The van der Waals surface area contributed by atoms with Gasteiger partial charge in [0.2, 0.25) is 5.91 Å². The van der Waals surface area contributed by atoms with Gasteiger partial charge < -0.3 is 10.1 Å². The normalized spacial score (nSPS) is 25.4. The lowest BCUT2D eigenvalue weighted by molar-refractivity contribution is -0.645. The van der Waals surface area contributed by atoms with Crippen molar-refractivity contribution in [2.45, 2.75) is 49.6 Å². The predicted molar refractivity (Wildman–Crippen MR) is 82.8 cm³/mol. The average Bonchev–Trinajstić information content (AvgIpc) is 2.53. The molecule has 0 bridgehead atoms. The molecular weight excluding hydrogens is 284 g/mol. The van der Waals surface area contributed by atoms with E-state index < -0.39 is 0 Å². The smallest absolute Gasteiger partial charge is 0.251 e. The Morgan fingerprint density at radius 2 is 2.10 bits per heavy atom. The van der Waals surface area contributed by atoms with E-state index >= 15 is 0 Å². The molecule has 0 unspecified atom stereocenters. The first-order valence-electron chi connectivity index (χ1n) is 7.86. The Bertz CT molecular complexity index is 507. The molecular formula is C16H22N2O2S. The van der Waals surface area contributed by atoms with Crippen molar-refractivity contribution in [2.75, 3.05) is 12.3 Å². The van der Waals surface area contributed by atoms with Crippen molar-refractivity contribution in [1.29, 1.82) is 0 Å². The number of pyridine rings is 1. The molecule has 21 heavy (non-hydrogen) atoms. The van der Waals surface area contributed by atoms with Crippen LogP contribution in [0.2, 0.25) is 0 Å². The number of thioether (sulfide) groups is 1. The van der Waals surface area contributed by atoms with Crippen molar-refractivity contribution in [2.24, 2.45) is 5.92 Å². The maximum atomic E-state index is 12.5. The van der Waals surface area contributed by atoms with Gasteiger partial charge in [-0.3, -0.25) is 4.79 Å². The van der Waals surface area contributed by atoms with E-state index in [1.165, 1.54) is 43.6 Å². The molecule has 0 radical (unpaired) electrons. The topological polar surface area (TPSA) is 47.2 Å². The van der Waals surface area contributed by atoms with E-state index in [9.17, 15) is 10.0 Å².